The van der Waals surface area contributed by atoms with Gasteiger partial charge in [-0.25, -0.2) is 4.39 Å². The fourth-order valence-electron chi connectivity index (χ4n) is 1.90. The van der Waals surface area contributed by atoms with Crippen LogP contribution in [0, 0.1) is 5.82 Å². The maximum atomic E-state index is 13.3. The van der Waals surface area contributed by atoms with Crippen molar-refractivity contribution in [2.45, 2.75) is 19.5 Å². The minimum atomic E-state index is -0.445. The molecule has 1 fully saturated rings. The summed E-state index contributed by atoms with van der Waals surface area (Å²) in [6.07, 6.45) is 0. The molecule has 1 N–H and O–H groups in total. The summed E-state index contributed by atoms with van der Waals surface area (Å²) in [7, 11) is 0. The zero-order chi connectivity index (χ0) is 12.4. The van der Waals surface area contributed by atoms with Gasteiger partial charge in [0.15, 0.2) is 0 Å². The topological polar surface area (TPSA) is 32.3 Å². The highest BCUT2D eigenvalue weighted by Crippen LogP contribution is 2.17. The minimum Gasteiger partial charge on any atom is -0.336 e. The van der Waals surface area contributed by atoms with Crippen LogP contribution in [0.5, 0.6) is 0 Å². The molecule has 0 bridgehead atoms. The van der Waals surface area contributed by atoms with Gasteiger partial charge < -0.3 is 10.2 Å². The number of halogens is 2. The molecule has 1 heterocycles. The first kappa shape index (κ1) is 12.3. The third-order valence-electron chi connectivity index (χ3n) is 2.87. The molecule has 2 rings (SSSR count). The molecule has 0 spiro atoms. The lowest BCUT2D eigenvalue weighted by atomic mass is 10.1. The quantitative estimate of drug-likeness (QED) is 0.875. The standard InChI is InChI=1S/C12H14ClFN2O/c1-8-12(17)16(5-4-15-8)7-9-2-3-10(13)11(14)6-9/h2-3,6,8,15H,4-5,7H2,1H3. The number of carbonyl (C=O) groups excluding carboxylic acids is 1. The van der Waals surface area contributed by atoms with Gasteiger partial charge in [0.1, 0.15) is 5.82 Å². The van der Waals surface area contributed by atoms with E-state index in [2.05, 4.69) is 5.32 Å². The molecule has 0 radical (unpaired) electrons. The van der Waals surface area contributed by atoms with Gasteiger partial charge in [0.2, 0.25) is 5.91 Å². The first-order valence-electron chi connectivity index (χ1n) is 5.54. The summed E-state index contributed by atoms with van der Waals surface area (Å²) < 4.78 is 13.3. The van der Waals surface area contributed by atoms with Gasteiger partial charge in [-0.1, -0.05) is 17.7 Å². The normalized spacial score (nSPS) is 20.8. The average molecular weight is 257 g/mol. The molecule has 1 atom stereocenters. The van der Waals surface area contributed by atoms with Crippen molar-refractivity contribution in [3.63, 3.8) is 0 Å². The van der Waals surface area contributed by atoms with E-state index in [-0.39, 0.29) is 17.0 Å². The van der Waals surface area contributed by atoms with Crippen molar-refractivity contribution in [2.24, 2.45) is 0 Å². The van der Waals surface area contributed by atoms with Gasteiger partial charge in [0, 0.05) is 19.6 Å². The lowest BCUT2D eigenvalue weighted by Gasteiger charge is -2.31. The predicted molar refractivity (Wildman–Crippen MR) is 64.3 cm³/mol. The number of rotatable bonds is 2. The van der Waals surface area contributed by atoms with Crippen LogP contribution in [0.3, 0.4) is 0 Å². The van der Waals surface area contributed by atoms with Crippen LogP contribution in [-0.4, -0.2) is 29.9 Å². The molecular weight excluding hydrogens is 243 g/mol. The Morgan fingerprint density at radius 1 is 1.59 bits per heavy atom. The molecule has 17 heavy (non-hydrogen) atoms. The molecule has 1 amide bonds. The van der Waals surface area contributed by atoms with Crippen LogP contribution in [0.15, 0.2) is 18.2 Å². The van der Waals surface area contributed by atoms with E-state index in [1.165, 1.54) is 12.1 Å². The van der Waals surface area contributed by atoms with E-state index >= 15 is 0 Å². The second-order valence-corrected chi connectivity index (χ2v) is 4.59. The summed E-state index contributed by atoms with van der Waals surface area (Å²) in [5.74, 6) is -0.397. The van der Waals surface area contributed by atoms with Gasteiger partial charge in [0.05, 0.1) is 11.1 Å². The van der Waals surface area contributed by atoms with Crippen molar-refractivity contribution in [2.75, 3.05) is 13.1 Å². The van der Waals surface area contributed by atoms with Gasteiger partial charge in [-0.05, 0) is 24.6 Å². The van der Waals surface area contributed by atoms with Crippen LogP contribution in [0.2, 0.25) is 5.02 Å². The second kappa shape index (κ2) is 5.02. The maximum Gasteiger partial charge on any atom is 0.239 e. The average Bonchev–Trinajstić information content (AvgIpc) is 2.30. The molecule has 92 valence electrons. The third kappa shape index (κ3) is 2.76. The summed E-state index contributed by atoms with van der Waals surface area (Å²) in [5, 5.41) is 3.19. The number of benzene rings is 1. The molecule has 0 aliphatic carbocycles. The van der Waals surface area contributed by atoms with Crippen molar-refractivity contribution >= 4 is 17.5 Å². The Balaban J connectivity index is 2.09. The molecule has 1 aromatic carbocycles. The monoisotopic (exact) mass is 256 g/mol. The Labute approximate surface area is 105 Å². The van der Waals surface area contributed by atoms with Crippen molar-refractivity contribution in [1.82, 2.24) is 10.2 Å². The van der Waals surface area contributed by atoms with Crippen LogP contribution in [-0.2, 0) is 11.3 Å². The third-order valence-corrected chi connectivity index (χ3v) is 3.18. The number of amides is 1. The fourth-order valence-corrected chi connectivity index (χ4v) is 2.02. The van der Waals surface area contributed by atoms with E-state index in [1.807, 2.05) is 6.92 Å². The van der Waals surface area contributed by atoms with Crippen molar-refractivity contribution in [3.8, 4) is 0 Å². The Bertz CT molecular complexity index is 439. The van der Waals surface area contributed by atoms with Gasteiger partial charge >= 0.3 is 0 Å². The molecule has 5 heteroatoms. The Morgan fingerprint density at radius 3 is 3.06 bits per heavy atom. The van der Waals surface area contributed by atoms with E-state index in [1.54, 1.807) is 11.0 Å². The van der Waals surface area contributed by atoms with E-state index < -0.39 is 5.82 Å². The van der Waals surface area contributed by atoms with Crippen LogP contribution in [0.4, 0.5) is 4.39 Å². The van der Waals surface area contributed by atoms with Crippen LogP contribution in [0.1, 0.15) is 12.5 Å². The molecule has 1 saturated heterocycles. The summed E-state index contributed by atoms with van der Waals surface area (Å²) in [6, 6.07) is 4.47. The summed E-state index contributed by atoms with van der Waals surface area (Å²) in [6.45, 7) is 3.67. The van der Waals surface area contributed by atoms with E-state index in [0.29, 0.717) is 13.1 Å². The Morgan fingerprint density at radius 2 is 2.35 bits per heavy atom. The molecule has 1 aromatic rings. The Hall–Kier alpha value is -1.13. The van der Waals surface area contributed by atoms with Gasteiger partial charge in [-0.3, -0.25) is 4.79 Å². The first-order chi connectivity index (χ1) is 8.08. The van der Waals surface area contributed by atoms with Gasteiger partial charge in [0.25, 0.3) is 0 Å². The SMILES string of the molecule is CC1NCCN(Cc2ccc(Cl)c(F)c2)C1=O. The summed E-state index contributed by atoms with van der Waals surface area (Å²) in [4.78, 5) is 13.6. The minimum absolute atomic E-state index is 0.0478. The number of nitrogens with zero attached hydrogens (tertiary/aromatic N) is 1. The predicted octanol–water partition coefficient (Wildman–Crippen LogP) is 1.80. The highest BCUT2D eigenvalue weighted by Gasteiger charge is 2.24. The first-order valence-corrected chi connectivity index (χ1v) is 5.92. The highest BCUT2D eigenvalue weighted by atomic mass is 35.5. The number of carbonyl (C=O) groups is 1. The van der Waals surface area contributed by atoms with E-state index in [9.17, 15) is 9.18 Å². The number of hydrogen-bond donors (Lipinski definition) is 1. The smallest absolute Gasteiger partial charge is 0.239 e. The molecule has 1 aliphatic heterocycles. The van der Waals surface area contributed by atoms with Crippen molar-refractivity contribution < 1.29 is 9.18 Å². The number of nitrogens with one attached hydrogen (secondary N) is 1. The van der Waals surface area contributed by atoms with Gasteiger partial charge in [-0.2, -0.15) is 0 Å². The molecule has 0 saturated carbocycles. The molecule has 0 aromatic heterocycles. The zero-order valence-electron chi connectivity index (χ0n) is 9.54. The lowest BCUT2D eigenvalue weighted by molar-refractivity contribution is -0.135. The van der Waals surface area contributed by atoms with Crippen LogP contribution in [0.25, 0.3) is 0 Å². The maximum absolute atomic E-state index is 13.3. The molecule has 1 unspecified atom stereocenters. The zero-order valence-corrected chi connectivity index (χ0v) is 10.3. The molecule has 1 aliphatic rings. The lowest BCUT2D eigenvalue weighted by Crippen LogP contribution is -2.53. The molecular formula is C12H14ClFN2O. The fraction of sp³-hybridized carbons (Fsp3) is 0.417. The number of hydrogen-bond acceptors (Lipinski definition) is 2. The molecule has 3 nitrogen and oxygen atoms in total. The largest absolute Gasteiger partial charge is 0.336 e. The van der Waals surface area contributed by atoms with Crippen LogP contribution < -0.4 is 5.32 Å². The summed E-state index contributed by atoms with van der Waals surface area (Å²) in [5.41, 5.74) is 0.759. The Kier molecular flexibility index (Phi) is 3.64. The summed E-state index contributed by atoms with van der Waals surface area (Å²) >= 11 is 5.61. The number of piperazine rings is 1. The van der Waals surface area contributed by atoms with Crippen molar-refractivity contribution in [3.05, 3.63) is 34.6 Å². The van der Waals surface area contributed by atoms with E-state index in [0.717, 1.165) is 12.1 Å². The van der Waals surface area contributed by atoms with Crippen molar-refractivity contribution in [1.29, 1.82) is 0 Å². The van der Waals surface area contributed by atoms with Gasteiger partial charge in [-0.15, -0.1) is 0 Å². The highest BCUT2D eigenvalue weighted by molar-refractivity contribution is 6.30. The van der Waals surface area contributed by atoms with E-state index in [4.69, 9.17) is 11.6 Å². The second-order valence-electron chi connectivity index (χ2n) is 4.18. The van der Waals surface area contributed by atoms with Crippen LogP contribution >= 0.6 is 11.6 Å².